The number of sulfonamides is 1. The molecule has 1 aromatic rings. The topological polar surface area (TPSA) is 66.5 Å². The lowest BCUT2D eigenvalue weighted by atomic mass is 9.85. The van der Waals surface area contributed by atoms with Crippen LogP contribution in [0.2, 0.25) is 0 Å². The molecule has 0 bridgehead atoms. The highest BCUT2D eigenvalue weighted by Gasteiger charge is 2.43. The number of carbonyl (C=O) groups excluding carboxylic acids is 1. The molecule has 1 saturated carbocycles. The van der Waals surface area contributed by atoms with Crippen molar-refractivity contribution in [3.8, 4) is 0 Å². The molecule has 1 aliphatic heterocycles. The van der Waals surface area contributed by atoms with Crippen molar-refractivity contribution in [1.82, 2.24) is 9.62 Å². The zero-order valence-electron chi connectivity index (χ0n) is 17.0. The number of benzene rings is 1. The second kappa shape index (κ2) is 9.20. The summed E-state index contributed by atoms with van der Waals surface area (Å²) in [4.78, 5) is 11.7. The maximum Gasteiger partial charge on any atom is 0.417 e. The van der Waals surface area contributed by atoms with E-state index in [1.54, 1.807) is 0 Å². The number of halogens is 6. The summed E-state index contributed by atoms with van der Waals surface area (Å²) in [7, 11) is -4.40. The number of hydrogen-bond donors (Lipinski definition) is 1. The zero-order chi connectivity index (χ0) is 23.7. The summed E-state index contributed by atoms with van der Waals surface area (Å²) in [5.41, 5.74) is -1.24. The molecule has 1 aliphatic carbocycles. The number of nitrogens with zero attached hydrogens (tertiary/aromatic N) is 1. The average Bonchev–Trinajstić information content (AvgIpc) is 2.73. The van der Waals surface area contributed by atoms with E-state index >= 15 is 0 Å². The van der Waals surface area contributed by atoms with Crippen LogP contribution in [0, 0.1) is 11.8 Å². The number of carbonyl (C=O) groups is 1. The van der Waals surface area contributed by atoms with Crippen LogP contribution in [0.5, 0.6) is 0 Å². The predicted molar refractivity (Wildman–Crippen MR) is 103 cm³/mol. The van der Waals surface area contributed by atoms with Crippen molar-refractivity contribution in [1.29, 1.82) is 0 Å². The van der Waals surface area contributed by atoms with E-state index in [0.717, 1.165) is 16.4 Å². The first-order valence-electron chi connectivity index (χ1n) is 10.3. The first kappa shape index (κ1) is 24.8. The van der Waals surface area contributed by atoms with E-state index in [4.69, 9.17) is 0 Å². The van der Waals surface area contributed by atoms with E-state index in [9.17, 15) is 39.6 Å². The molecule has 1 saturated heterocycles. The molecule has 3 rings (SSSR count). The van der Waals surface area contributed by atoms with Crippen molar-refractivity contribution in [2.24, 2.45) is 11.8 Å². The summed E-state index contributed by atoms with van der Waals surface area (Å²) in [6, 6.07) is 3.59. The fraction of sp³-hybridized carbons (Fsp3) is 0.650. The van der Waals surface area contributed by atoms with Gasteiger partial charge in [-0.05, 0) is 50.7 Å². The van der Waals surface area contributed by atoms with Gasteiger partial charge in [0, 0.05) is 25.0 Å². The van der Waals surface area contributed by atoms with Crippen LogP contribution in [0.15, 0.2) is 29.2 Å². The summed E-state index contributed by atoms with van der Waals surface area (Å²) < 4.78 is 105. The SMILES string of the molecule is O=C(NC1CCC(C(F)(F)F)CC1)C1CCN(S(=O)(=O)c2ccccc2C(F)(F)F)CC1. The quantitative estimate of drug-likeness (QED) is 0.644. The third-order valence-electron chi connectivity index (χ3n) is 6.17. The van der Waals surface area contributed by atoms with Crippen LogP contribution in [0.1, 0.15) is 44.1 Å². The van der Waals surface area contributed by atoms with E-state index in [0.29, 0.717) is 6.07 Å². The van der Waals surface area contributed by atoms with Crippen LogP contribution in [0.4, 0.5) is 26.3 Å². The molecule has 2 aliphatic rings. The standard InChI is InChI=1S/C20H24F6N2O3S/c21-19(22,23)14-5-7-15(8-6-14)27-18(29)13-9-11-28(12-10-13)32(30,31)17-4-2-1-3-16(17)20(24,25)26/h1-4,13-15H,5-12H2,(H,27,29). The van der Waals surface area contributed by atoms with Crippen LogP contribution < -0.4 is 5.32 Å². The van der Waals surface area contributed by atoms with Gasteiger partial charge in [-0.3, -0.25) is 4.79 Å². The van der Waals surface area contributed by atoms with Crippen molar-refractivity contribution < 1.29 is 39.6 Å². The first-order valence-corrected chi connectivity index (χ1v) is 11.8. The van der Waals surface area contributed by atoms with Gasteiger partial charge in [0.1, 0.15) is 0 Å². The molecule has 1 N–H and O–H groups in total. The van der Waals surface area contributed by atoms with Gasteiger partial charge in [-0.25, -0.2) is 8.42 Å². The number of rotatable bonds is 4. The van der Waals surface area contributed by atoms with Gasteiger partial charge in [0.15, 0.2) is 0 Å². The summed E-state index contributed by atoms with van der Waals surface area (Å²) in [6.07, 6.45) is -8.48. The van der Waals surface area contributed by atoms with Gasteiger partial charge in [0.05, 0.1) is 16.4 Å². The van der Waals surface area contributed by atoms with Gasteiger partial charge < -0.3 is 5.32 Å². The lowest BCUT2D eigenvalue weighted by Crippen LogP contribution is -2.46. The van der Waals surface area contributed by atoms with Crippen LogP contribution in [0.3, 0.4) is 0 Å². The zero-order valence-corrected chi connectivity index (χ0v) is 17.9. The Hall–Kier alpha value is -1.82. The molecule has 1 aromatic carbocycles. The van der Waals surface area contributed by atoms with Crippen LogP contribution >= 0.6 is 0 Å². The van der Waals surface area contributed by atoms with Crippen LogP contribution in [-0.4, -0.2) is 43.9 Å². The number of piperidine rings is 1. The molecule has 0 radical (unpaired) electrons. The normalized spacial score (nSPS) is 24.3. The number of hydrogen-bond acceptors (Lipinski definition) is 3. The minimum absolute atomic E-state index is 0.0518. The molecule has 32 heavy (non-hydrogen) atoms. The minimum atomic E-state index is -4.83. The summed E-state index contributed by atoms with van der Waals surface area (Å²) >= 11 is 0. The van der Waals surface area contributed by atoms with E-state index in [1.807, 2.05) is 0 Å². The van der Waals surface area contributed by atoms with Crippen LogP contribution in [-0.2, 0) is 21.0 Å². The van der Waals surface area contributed by atoms with Crippen molar-refractivity contribution in [2.75, 3.05) is 13.1 Å². The Balaban J connectivity index is 1.57. The van der Waals surface area contributed by atoms with Gasteiger partial charge in [0.2, 0.25) is 15.9 Å². The van der Waals surface area contributed by atoms with Gasteiger partial charge >= 0.3 is 12.4 Å². The molecule has 12 heteroatoms. The third kappa shape index (κ3) is 5.56. The van der Waals surface area contributed by atoms with Crippen molar-refractivity contribution in [3.63, 3.8) is 0 Å². The highest BCUT2D eigenvalue weighted by molar-refractivity contribution is 7.89. The van der Waals surface area contributed by atoms with Gasteiger partial charge in [-0.15, -0.1) is 0 Å². The van der Waals surface area contributed by atoms with E-state index in [1.165, 1.54) is 6.07 Å². The fourth-order valence-corrected chi connectivity index (χ4v) is 5.99. The maximum atomic E-state index is 13.2. The smallest absolute Gasteiger partial charge is 0.353 e. The molecule has 0 atom stereocenters. The molecular formula is C20H24F6N2O3S. The lowest BCUT2D eigenvalue weighted by Gasteiger charge is -2.34. The molecule has 2 fully saturated rings. The molecule has 0 unspecified atom stereocenters. The number of alkyl halides is 6. The first-order chi connectivity index (χ1) is 14.8. The van der Waals surface area contributed by atoms with Gasteiger partial charge in [-0.2, -0.15) is 30.6 Å². The molecule has 0 aromatic heterocycles. The fourth-order valence-electron chi connectivity index (χ4n) is 4.31. The molecular weight excluding hydrogens is 462 g/mol. The minimum Gasteiger partial charge on any atom is -0.353 e. The highest BCUT2D eigenvalue weighted by Crippen LogP contribution is 2.38. The molecule has 180 valence electrons. The lowest BCUT2D eigenvalue weighted by molar-refractivity contribution is -0.182. The summed E-state index contributed by atoms with van der Waals surface area (Å²) in [5.74, 6) is -2.25. The molecule has 1 heterocycles. The Kier molecular flexibility index (Phi) is 7.14. The maximum absolute atomic E-state index is 13.2. The Morgan fingerprint density at radius 3 is 2.00 bits per heavy atom. The third-order valence-corrected chi connectivity index (χ3v) is 8.13. The Morgan fingerprint density at radius 2 is 1.47 bits per heavy atom. The molecule has 5 nitrogen and oxygen atoms in total. The van der Waals surface area contributed by atoms with Gasteiger partial charge in [0.25, 0.3) is 0 Å². The summed E-state index contributed by atoms with van der Waals surface area (Å²) in [5, 5.41) is 2.75. The van der Waals surface area contributed by atoms with Crippen molar-refractivity contribution in [2.45, 2.75) is 61.8 Å². The van der Waals surface area contributed by atoms with E-state index in [-0.39, 0.29) is 63.6 Å². The second-order valence-electron chi connectivity index (χ2n) is 8.27. The number of nitrogens with one attached hydrogen (secondary N) is 1. The van der Waals surface area contributed by atoms with Crippen LogP contribution in [0.25, 0.3) is 0 Å². The molecule has 1 amide bonds. The molecule has 0 spiro atoms. The second-order valence-corrected chi connectivity index (χ2v) is 10.2. The monoisotopic (exact) mass is 486 g/mol. The predicted octanol–water partition coefficient (Wildman–Crippen LogP) is 4.34. The van der Waals surface area contributed by atoms with E-state index in [2.05, 4.69) is 5.32 Å². The van der Waals surface area contributed by atoms with Crippen molar-refractivity contribution >= 4 is 15.9 Å². The van der Waals surface area contributed by atoms with Crippen molar-refractivity contribution in [3.05, 3.63) is 29.8 Å². The average molecular weight is 486 g/mol. The Morgan fingerprint density at radius 1 is 0.906 bits per heavy atom. The highest BCUT2D eigenvalue weighted by atomic mass is 32.2. The Labute approximate surface area is 182 Å². The largest absolute Gasteiger partial charge is 0.417 e. The Bertz CT molecular complexity index is 916. The summed E-state index contributed by atoms with van der Waals surface area (Å²) in [6.45, 7) is -0.235. The number of amides is 1. The van der Waals surface area contributed by atoms with E-state index < -0.39 is 44.7 Å². The van der Waals surface area contributed by atoms with Gasteiger partial charge in [-0.1, -0.05) is 12.1 Å².